The molecule has 1 aromatic heterocycles. The molecule has 2 rings (SSSR count). The lowest BCUT2D eigenvalue weighted by atomic mass is 9.99. The predicted molar refractivity (Wildman–Crippen MR) is 70.1 cm³/mol. The number of pyridine rings is 1. The van der Waals surface area contributed by atoms with Gasteiger partial charge in [0.2, 0.25) is 0 Å². The molecule has 0 aliphatic heterocycles. The SMILES string of the molecule is COC(c1ccccc1)C(O)Cc1ccncc1. The Morgan fingerprint density at radius 2 is 1.78 bits per heavy atom. The van der Waals surface area contributed by atoms with Gasteiger partial charge in [0.1, 0.15) is 6.10 Å². The summed E-state index contributed by atoms with van der Waals surface area (Å²) in [6, 6.07) is 13.6. The van der Waals surface area contributed by atoms with Crippen molar-refractivity contribution in [3.8, 4) is 0 Å². The molecule has 3 heteroatoms. The molecular weight excluding hydrogens is 226 g/mol. The molecule has 18 heavy (non-hydrogen) atoms. The monoisotopic (exact) mass is 243 g/mol. The predicted octanol–water partition coefficient (Wildman–Crippen LogP) is 2.37. The fraction of sp³-hybridized carbons (Fsp3) is 0.267. The van der Waals surface area contributed by atoms with Crippen LogP contribution >= 0.6 is 0 Å². The van der Waals surface area contributed by atoms with Crippen molar-refractivity contribution in [1.82, 2.24) is 4.98 Å². The highest BCUT2D eigenvalue weighted by Gasteiger charge is 2.20. The van der Waals surface area contributed by atoms with Crippen molar-refractivity contribution < 1.29 is 9.84 Å². The number of aromatic nitrogens is 1. The fourth-order valence-electron chi connectivity index (χ4n) is 2.03. The van der Waals surface area contributed by atoms with Gasteiger partial charge in [-0.05, 0) is 23.3 Å². The second-order valence-electron chi connectivity index (χ2n) is 4.19. The molecule has 3 nitrogen and oxygen atoms in total. The van der Waals surface area contributed by atoms with E-state index in [0.717, 1.165) is 11.1 Å². The quantitative estimate of drug-likeness (QED) is 0.876. The van der Waals surface area contributed by atoms with E-state index in [1.54, 1.807) is 19.5 Å². The van der Waals surface area contributed by atoms with Crippen molar-refractivity contribution in [2.45, 2.75) is 18.6 Å². The zero-order chi connectivity index (χ0) is 12.8. The number of hydrogen-bond acceptors (Lipinski definition) is 3. The summed E-state index contributed by atoms with van der Waals surface area (Å²) in [5, 5.41) is 10.3. The van der Waals surface area contributed by atoms with Crippen molar-refractivity contribution in [2.24, 2.45) is 0 Å². The number of aliphatic hydroxyl groups is 1. The number of aliphatic hydroxyl groups excluding tert-OH is 1. The maximum Gasteiger partial charge on any atom is 0.108 e. The largest absolute Gasteiger partial charge is 0.390 e. The lowest BCUT2D eigenvalue weighted by molar-refractivity contribution is -0.0128. The standard InChI is InChI=1S/C15H17NO2/c1-18-15(13-5-3-2-4-6-13)14(17)11-12-7-9-16-10-8-12/h2-10,14-15,17H,11H2,1H3. The molecule has 1 heterocycles. The van der Waals surface area contributed by atoms with Gasteiger partial charge in [-0.25, -0.2) is 0 Å². The fourth-order valence-corrected chi connectivity index (χ4v) is 2.03. The number of ether oxygens (including phenoxy) is 1. The van der Waals surface area contributed by atoms with E-state index in [-0.39, 0.29) is 6.10 Å². The molecule has 0 saturated heterocycles. The summed E-state index contributed by atoms with van der Waals surface area (Å²) in [6.45, 7) is 0. The number of hydrogen-bond donors (Lipinski definition) is 1. The number of methoxy groups -OCH3 is 1. The summed E-state index contributed by atoms with van der Waals surface area (Å²) in [6.07, 6.45) is 3.13. The summed E-state index contributed by atoms with van der Waals surface area (Å²) in [5.41, 5.74) is 2.04. The van der Waals surface area contributed by atoms with Crippen LogP contribution in [-0.4, -0.2) is 23.3 Å². The average molecular weight is 243 g/mol. The Morgan fingerprint density at radius 3 is 2.39 bits per heavy atom. The van der Waals surface area contributed by atoms with Gasteiger partial charge in [0.05, 0.1) is 6.10 Å². The van der Waals surface area contributed by atoms with Gasteiger partial charge in [0.15, 0.2) is 0 Å². The van der Waals surface area contributed by atoms with Gasteiger partial charge in [0.25, 0.3) is 0 Å². The Bertz CT molecular complexity index is 458. The molecule has 0 radical (unpaired) electrons. The molecular formula is C15H17NO2. The van der Waals surface area contributed by atoms with Crippen LogP contribution in [-0.2, 0) is 11.2 Å². The highest BCUT2D eigenvalue weighted by atomic mass is 16.5. The molecule has 0 fully saturated rings. The Labute approximate surface area is 107 Å². The molecule has 94 valence electrons. The zero-order valence-corrected chi connectivity index (χ0v) is 10.4. The van der Waals surface area contributed by atoms with Crippen LogP contribution in [0, 0.1) is 0 Å². The molecule has 0 amide bonds. The Morgan fingerprint density at radius 1 is 1.11 bits per heavy atom. The van der Waals surface area contributed by atoms with E-state index in [4.69, 9.17) is 4.74 Å². The third kappa shape index (κ3) is 3.15. The molecule has 1 aromatic carbocycles. The molecule has 0 spiro atoms. The second kappa shape index (κ2) is 6.28. The normalized spacial score (nSPS) is 14.1. The van der Waals surface area contributed by atoms with Crippen LogP contribution in [0.15, 0.2) is 54.9 Å². The minimum Gasteiger partial charge on any atom is -0.390 e. The molecule has 2 aromatic rings. The van der Waals surface area contributed by atoms with E-state index in [1.807, 2.05) is 42.5 Å². The Balaban J connectivity index is 2.09. The summed E-state index contributed by atoms with van der Waals surface area (Å²) < 4.78 is 5.40. The first-order valence-corrected chi connectivity index (χ1v) is 5.96. The Hall–Kier alpha value is -1.71. The van der Waals surface area contributed by atoms with Crippen molar-refractivity contribution in [3.05, 3.63) is 66.0 Å². The van der Waals surface area contributed by atoms with Crippen LogP contribution in [0.3, 0.4) is 0 Å². The first-order valence-electron chi connectivity index (χ1n) is 5.96. The summed E-state index contributed by atoms with van der Waals surface area (Å²) in [5.74, 6) is 0. The van der Waals surface area contributed by atoms with Gasteiger partial charge >= 0.3 is 0 Å². The van der Waals surface area contributed by atoms with Crippen molar-refractivity contribution in [2.75, 3.05) is 7.11 Å². The molecule has 2 unspecified atom stereocenters. The van der Waals surface area contributed by atoms with Crippen molar-refractivity contribution >= 4 is 0 Å². The summed E-state index contributed by atoms with van der Waals surface area (Å²) >= 11 is 0. The van der Waals surface area contributed by atoms with Crippen LogP contribution in [0.4, 0.5) is 0 Å². The maximum absolute atomic E-state index is 10.3. The van der Waals surface area contributed by atoms with E-state index in [9.17, 15) is 5.11 Å². The van der Waals surface area contributed by atoms with Gasteiger partial charge in [-0.2, -0.15) is 0 Å². The van der Waals surface area contributed by atoms with E-state index < -0.39 is 6.10 Å². The molecule has 0 bridgehead atoms. The Kier molecular flexibility index (Phi) is 4.45. The molecule has 1 N–H and O–H groups in total. The summed E-state index contributed by atoms with van der Waals surface area (Å²) in [4.78, 5) is 3.96. The molecule has 2 atom stereocenters. The van der Waals surface area contributed by atoms with Gasteiger partial charge in [-0.3, -0.25) is 4.98 Å². The van der Waals surface area contributed by atoms with E-state index in [2.05, 4.69) is 4.98 Å². The van der Waals surface area contributed by atoms with Crippen LogP contribution in [0.25, 0.3) is 0 Å². The minimum atomic E-state index is -0.570. The molecule has 0 aliphatic rings. The van der Waals surface area contributed by atoms with Gasteiger partial charge in [-0.1, -0.05) is 30.3 Å². The minimum absolute atomic E-state index is 0.306. The van der Waals surface area contributed by atoms with E-state index in [0.29, 0.717) is 6.42 Å². The number of rotatable bonds is 5. The van der Waals surface area contributed by atoms with Crippen molar-refractivity contribution in [3.63, 3.8) is 0 Å². The highest BCUT2D eigenvalue weighted by molar-refractivity contribution is 5.20. The average Bonchev–Trinajstić information content (AvgIpc) is 2.42. The number of benzene rings is 1. The molecule has 0 saturated carbocycles. The third-order valence-electron chi connectivity index (χ3n) is 2.93. The lowest BCUT2D eigenvalue weighted by Gasteiger charge is -2.22. The van der Waals surface area contributed by atoms with Crippen LogP contribution in [0.1, 0.15) is 17.2 Å². The first kappa shape index (κ1) is 12.7. The van der Waals surface area contributed by atoms with Gasteiger partial charge in [0, 0.05) is 25.9 Å². The number of nitrogens with zero attached hydrogens (tertiary/aromatic N) is 1. The van der Waals surface area contributed by atoms with Crippen LogP contribution < -0.4 is 0 Å². The van der Waals surface area contributed by atoms with Gasteiger partial charge < -0.3 is 9.84 Å². The van der Waals surface area contributed by atoms with Crippen LogP contribution in [0.5, 0.6) is 0 Å². The maximum atomic E-state index is 10.3. The van der Waals surface area contributed by atoms with E-state index >= 15 is 0 Å². The van der Waals surface area contributed by atoms with Gasteiger partial charge in [-0.15, -0.1) is 0 Å². The first-order chi connectivity index (χ1) is 8.81. The smallest absolute Gasteiger partial charge is 0.108 e. The zero-order valence-electron chi connectivity index (χ0n) is 10.4. The van der Waals surface area contributed by atoms with E-state index in [1.165, 1.54) is 0 Å². The summed E-state index contributed by atoms with van der Waals surface area (Å²) in [7, 11) is 1.62. The van der Waals surface area contributed by atoms with Crippen LogP contribution in [0.2, 0.25) is 0 Å². The third-order valence-corrected chi connectivity index (χ3v) is 2.93. The van der Waals surface area contributed by atoms with Crippen molar-refractivity contribution in [1.29, 1.82) is 0 Å². The highest BCUT2D eigenvalue weighted by Crippen LogP contribution is 2.22. The second-order valence-corrected chi connectivity index (χ2v) is 4.19. The lowest BCUT2D eigenvalue weighted by Crippen LogP contribution is -2.22. The topological polar surface area (TPSA) is 42.4 Å². The molecule has 0 aliphatic carbocycles.